The predicted molar refractivity (Wildman–Crippen MR) is 106 cm³/mol. The van der Waals surface area contributed by atoms with Gasteiger partial charge in [0.1, 0.15) is 10.9 Å². The Balaban J connectivity index is 1.83. The molecule has 1 aliphatic rings. The van der Waals surface area contributed by atoms with Crippen LogP contribution in [0.25, 0.3) is 0 Å². The summed E-state index contributed by atoms with van der Waals surface area (Å²) in [6.07, 6.45) is 5.00. The van der Waals surface area contributed by atoms with Crippen LogP contribution in [0, 0.1) is 17.2 Å². The van der Waals surface area contributed by atoms with Crippen LogP contribution in [0.3, 0.4) is 0 Å². The maximum absolute atomic E-state index is 13.0. The number of hydrogen-bond donors (Lipinski definition) is 1. The molecule has 0 spiro atoms. The molecule has 1 N–H and O–H groups in total. The molecule has 0 saturated carbocycles. The van der Waals surface area contributed by atoms with Gasteiger partial charge in [0.2, 0.25) is 5.91 Å². The molecule has 1 fully saturated rings. The number of thiazole rings is 1. The minimum atomic E-state index is -3.30. The second-order valence-corrected chi connectivity index (χ2v) is 9.86. The minimum absolute atomic E-state index is 0.211. The summed E-state index contributed by atoms with van der Waals surface area (Å²) in [5.74, 6) is -0.298. The Kier molecular flexibility index (Phi) is 6.44. The summed E-state index contributed by atoms with van der Waals surface area (Å²) in [6, 6.07) is 8.46. The third-order valence-corrected chi connectivity index (χ3v) is 6.73. The monoisotopic (exact) mass is 419 g/mol. The van der Waals surface area contributed by atoms with Crippen molar-refractivity contribution >= 4 is 32.2 Å². The Morgan fingerprint density at radius 3 is 2.61 bits per heavy atom. The molecular formula is C19H21N3O4S2. The lowest BCUT2D eigenvalue weighted by molar-refractivity contribution is -0.118. The summed E-state index contributed by atoms with van der Waals surface area (Å²) in [5, 5.41) is 12.1. The SMILES string of the molecule is CS(=O)(=O)c1ccc(C(CC2CCOCC2)C(=O)Nc2ncc(C#N)s2)cc1. The van der Waals surface area contributed by atoms with E-state index in [0.29, 0.717) is 35.6 Å². The van der Waals surface area contributed by atoms with Gasteiger partial charge in [-0.05, 0) is 42.9 Å². The lowest BCUT2D eigenvalue weighted by Crippen LogP contribution is -2.26. The predicted octanol–water partition coefficient (Wildman–Crippen LogP) is 2.96. The Bertz CT molecular complexity index is 971. The number of rotatable bonds is 6. The number of carbonyl (C=O) groups is 1. The largest absolute Gasteiger partial charge is 0.381 e. The molecule has 148 valence electrons. The van der Waals surface area contributed by atoms with E-state index in [9.17, 15) is 13.2 Å². The van der Waals surface area contributed by atoms with Crippen molar-refractivity contribution in [1.82, 2.24) is 4.98 Å². The van der Waals surface area contributed by atoms with Crippen LogP contribution in [0.5, 0.6) is 0 Å². The van der Waals surface area contributed by atoms with Gasteiger partial charge >= 0.3 is 0 Å². The molecule has 1 aliphatic heterocycles. The zero-order valence-corrected chi connectivity index (χ0v) is 17.1. The molecule has 1 atom stereocenters. The molecule has 0 aliphatic carbocycles. The van der Waals surface area contributed by atoms with E-state index in [1.807, 2.05) is 6.07 Å². The molecule has 9 heteroatoms. The normalized spacial score (nSPS) is 16.3. The minimum Gasteiger partial charge on any atom is -0.381 e. The molecule has 1 unspecified atom stereocenters. The first-order valence-electron chi connectivity index (χ1n) is 8.91. The van der Waals surface area contributed by atoms with Gasteiger partial charge in [-0.2, -0.15) is 5.26 Å². The smallest absolute Gasteiger partial charge is 0.233 e. The van der Waals surface area contributed by atoms with Crippen molar-refractivity contribution in [2.45, 2.75) is 30.1 Å². The molecule has 1 aromatic carbocycles. The van der Waals surface area contributed by atoms with Crippen LogP contribution in [0.2, 0.25) is 0 Å². The van der Waals surface area contributed by atoms with Gasteiger partial charge in [0, 0.05) is 19.5 Å². The van der Waals surface area contributed by atoms with Crippen LogP contribution >= 0.6 is 11.3 Å². The highest BCUT2D eigenvalue weighted by atomic mass is 32.2. The van der Waals surface area contributed by atoms with Gasteiger partial charge in [0.15, 0.2) is 15.0 Å². The fourth-order valence-corrected chi connectivity index (χ4v) is 4.48. The number of hydrogen-bond acceptors (Lipinski definition) is 7. The number of ether oxygens (including phenoxy) is 1. The first-order chi connectivity index (χ1) is 13.4. The van der Waals surface area contributed by atoms with Crippen molar-refractivity contribution in [2.24, 2.45) is 5.92 Å². The highest BCUT2D eigenvalue weighted by Gasteiger charge is 2.27. The number of benzene rings is 1. The van der Waals surface area contributed by atoms with Gasteiger partial charge in [0.25, 0.3) is 0 Å². The van der Waals surface area contributed by atoms with E-state index < -0.39 is 15.8 Å². The lowest BCUT2D eigenvalue weighted by atomic mass is 9.84. The Morgan fingerprint density at radius 2 is 2.04 bits per heavy atom. The Labute approximate surface area is 168 Å². The van der Waals surface area contributed by atoms with Crippen LogP contribution in [0.1, 0.15) is 35.6 Å². The molecular weight excluding hydrogens is 398 g/mol. The third kappa shape index (κ3) is 5.16. The second-order valence-electron chi connectivity index (χ2n) is 6.82. The van der Waals surface area contributed by atoms with Gasteiger partial charge < -0.3 is 10.1 Å². The summed E-state index contributed by atoms with van der Waals surface area (Å²) in [6.45, 7) is 1.37. The van der Waals surface area contributed by atoms with Crippen LogP contribution in [0.4, 0.5) is 5.13 Å². The summed E-state index contributed by atoms with van der Waals surface area (Å²) in [4.78, 5) is 17.7. The second kappa shape index (κ2) is 8.82. The molecule has 3 rings (SSSR count). The van der Waals surface area contributed by atoms with Gasteiger partial charge in [0.05, 0.1) is 17.0 Å². The number of carbonyl (C=O) groups excluding carboxylic acids is 1. The first kappa shape index (κ1) is 20.5. The molecule has 2 heterocycles. The van der Waals surface area contributed by atoms with Crippen LogP contribution < -0.4 is 5.32 Å². The molecule has 7 nitrogen and oxygen atoms in total. The summed E-state index contributed by atoms with van der Waals surface area (Å²) in [7, 11) is -3.30. The standard InChI is InChI=1S/C19H21N3O4S2/c1-28(24,25)16-4-2-14(3-5-16)17(10-13-6-8-26-9-7-13)18(23)22-19-21-12-15(11-20)27-19/h2-5,12-13,17H,6-10H2,1H3,(H,21,22,23). The Morgan fingerprint density at radius 1 is 1.36 bits per heavy atom. The number of amides is 1. The number of anilines is 1. The highest BCUT2D eigenvalue weighted by Crippen LogP contribution is 2.31. The number of nitrogens with zero attached hydrogens (tertiary/aromatic N) is 2. The van der Waals surface area contributed by atoms with E-state index in [4.69, 9.17) is 10.00 Å². The number of nitriles is 1. The topological polar surface area (TPSA) is 109 Å². The fourth-order valence-electron chi connectivity index (χ4n) is 3.23. The van der Waals surface area contributed by atoms with Crippen LogP contribution in [0.15, 0.2) is 35.4 Å². The van der Waals surface area contributed by atoms with E-state index in [1.165, 1.54) is 18.3 Å². The van der Waals surface area contributed by atoms with Crippen molar-refractivity contribution in [1.29, 1.82) is 5.26 Å². The average Bonchev–Trinajstić information content (AvgIpc) is 3.14. The van der Waals surface area contributed by atoms with Gasteiger partial charge in [-0.3, -0.25) is 4.79 Å². The zero-order valence-electron chi connectivity index (χ0n) is 15.4. The Hall–Kier alpha value is -2.28. The van der Waals surface area contributed by atoms with Crippen molar-refractivity contribution in [3.8, 4) is 6.07 Å². The summed E-state index contributed by atoms with van der Waals surface area (Å²) < 4.78 is 28.8. The molecule has 2 aromatic rings. The fraction of sp³-hybridized carbons (Fsp3) is 0.421. The maximum Gasteiger partial charge on any atom is 0.233 e. The van der Waals surface area contributed by atoms with Crippen molar-refractivity contribution < 1.29 is 17.9 Å². The number of nitrogens with one attached hydrogen (secondary N) is 1. The molecule has 0 radical (unpaired) electrons. The van der Waals surface area contributed by atoms with E-state index in [1.54, 1.807) is 12.1 Å². The molecule has 0 bridgehead atoms. The zero-order chi connectivity index (χ0) is 20.1. The summed E-state index contributed by atoms with van der Waals surface area (Å²) in [5.41, 5.74) is 0.758. The van der Waals surface area contributed by atoms with Crippen LogP contribution in [-0.2, 0) is 19.4 Å². The van der Waals surface area contributed by atoms with Gasteiger partial charge in [-0.1, -0.05) is 23.5 Å². The van der Waals surface area contributed by atoms with E-state index in [0.717, 1.165) is 36.0 Å². The first-order valence-corrected chi connectivity index (χ1v) is 11.6. The van der Waals surface area contributed by atoms with Crippen molar-refractivity contribution in [3.63, 3.8) is 0 Å². The lowest BCUT2D eigenvalue weighted by Gasteiger charge is -2.26. The summed E-state index contributed by atoms with van der Waals surface area (Å²) >= 11 is 1.12. The number of sulfone groups is 1. The van der Waals surface area contributed by atoms with Gasteiger partial charge in [-0.25, -0.2) is 13.4 Å². The van der Waals surface area contributed by atoms with E-state index in [2.05, 4.69) is 10.3 Å². The van der Waals surface area contributed by atoms with E-state index >= 15 is 0 Å². The molecule has 28 heavy (non-hydrogen) atoms. The average molecular weight is 420 g/mol. The van der Waals surface area contributed by atoms with Crippen molar-refractivity contribution in [2.75, 3.05) is 24.8 Å². The number of aromatic nitrogens is 1. The van der Waals surface area contributed by atoms with E-state index in [-0.39, 0.29) is 10.8 Å². The van der Waals surface area contributed by atoms with Crippen molar-refractivity contribution in [3.05, 3.63) is 40.9 Å². The maximum atomic E-state index is 13.0. The molecule has 1 amide bonds. The van der Waals surface area contributed by atoms with Crippen LogP contribution in [-0.4, -0.2) is 38.8 Å². The molecule has 1 saturated heterocycles. The molecule has 1 aromatic heterocycles. The quantitative estimate of drug-likeness (QED) is 0.771. The van der Waals surface area contributed by atoms with Gasteiger partial charge in [-0.15, -0.1) is 0 Å². The third-order valence-electron chi connectivity index (χ3n) is 4.78. The highest BCUT2D eigenvalue weighted by molar-refractivity contribution is 7.90.